The van der Waals surface area contributed by atoms with Gasteiger partial charge in [-0.1, -0.05) is 18.2 Å². The average molecular weight is 521 g/mol. The van der Waals surface area contributed by atoms with Crippen molar-refractivity contribution in [2.75, 3.05) is 31.5 Å². The zero-order valence-corrected chi connectivity index (χ0v) is 22.0. The third-order valence-electron chi connectivity index (χ3n) is 6.72. The summed E-state index contributed by atoms with van der Waals surface area (Å²) in [6.07, 6.45) is 5.17. The Labute approximate surface area is 227 Å². The molecule has 1 aliphatic heterocycles. The van der Waals surface area contributed by atoms with Gasteiger partial charge in [0, 0.05) is 67.6 Å². The number of pyridine rings is 1. The molecule has 0 aliphatic carbocycles. The Morgan fingerprint density at radius 1 is 1.08 bits per heavy atom. The predicted molar refractivity (Wildman–Crippen MR) is 150 cm³/mol. The van der Waals surface area contributed by atoms with E-state index >= 15 is 0 Å². The second-order valence-corrected chi connectivity index (χ2v) is 9.31. The van der Waals surface area contributed by atoms with Crippen LogP contribution in [0.15, 0.2) is 89.5 Å². The minimum Gasteiger partial charge on any atom is -0.324 e. The van der Waals surface area contributed by atoms with Gasteiger partial charge >= 0.3 is 5.91 Å². The number of benzene rings is 2. The van der Waals surface area contributed by atoms with Crippen molar-refractivity contribution >= 4 is 23.2 Å². The van der Waals surface area contributed by atoms with Gasteiger partial charge in [-0.05, 0) is 67.4 Å². The molecule has 39 heavy (non-hydrogen) atoms. The molecule has 2 N–H and O–H groups in total. The minimum atomic E-state index is -0.439. The van der Waals surface area contributed by atoms with E-state index in [1.165, 1.54) is 5.56 Å². The first-order valence-electron chi connectivity index (χ1n) is 12.9. The molecule has 0 radical (unpaired) electrons. The van der Waals surface area contributed by atoms with Crippen LogP contribution in [-0.4, -0.2) is 51.9 Å². The molecule has 196 valence electrons. The Morgan fingerprint density at radius 3 is 2.67 bits per heavy atom. The summed E-state index contributed by atoms with van der Waals surface area (Å²) < 4.78 is 0. The molecule has 0 spiro atoms. The van der Waals surface area contributed by atoms with Crippen LogP contribution in [0.4, 0.5) is 17.3 Å². The highest BCUT2D eigenvalue weighted by atomic mass is 16.1. The van der Waals surface area contributed by atoms with Crippen LogP contribution >= 0.6 is 0 Å². The van der Waals surface area contributed by atoms with Gasteiger partial charge in [-0.15, -0.1) is 0 Å². The number of hydrogen-bond acceptors (Lipinski definition) is 8. The summed E-state index contributed by atoms with van der Waals surface area (Å²) in [6, 6.07) is 19.0. The number of nitrogens with one attached hydrogen (secondary N) is 2. The molecule has 2 aromatic carbocycles. The van der Waals surface area contributed by atoms with E-state index in [1.54, 1.807) is 30.7 Å². The number of carbonyl (C=O) groups excluding carboxylic acids is 1. The van der Waals surface area contributed by atoms with E-state index in [-0.39, 0.29) is 0 Å². The summed E-state index contributed by atoms with van der Waals surface area (Å²) in [4.78, 5) is 31.9. The highest BCUT2D eigenvalue weighted by Crippen LogP contribution is 2.25. The lowest BCUT2D eigenvalue weighted by Gasteiger charge is -2.33. The third-order valence-corrected chi connectivity index (χ3v) is 6.72. The van der Waals surface area contributed by atoms with Gasteiger partial charge in [0.15, 0.2) is 10.8 Å². The summed E-state index contributed by atoms with van der Waals surface area (Å²) >= 11 is 0. The van der Waals surface area contributed by atoms with Crippen LogP contribution in [0.1, 0.15) is 34.5 Å². The molecule has 3 heterocycles. The van der Waals surface area contributed by atoms with E-state index in [9.17, 15) is 4.79 Å². The van der Waals surface area contributed by atoms with Crippen molar-refractivity contribution in [1.82, 2.24) is 30.1 Å². The van der Waals surface area contributed by atoms with Crippen LogP contribution in [0, 0.1) is 6.92 Å². The van der Waals surface area contributed by atoms with E-state index in [0.29, 0.717) is 23.2 Å². The SMILES string of the molecule is Cc1ccc(N=[N+]=NC(=O)c2ccc(C(C)N3CCNCC3)cc2)cc1Nc1nccc(-c2cccnc2)n1. The second kappa shape index (κ2) is 12.3. The zero-order chi connectivity index (χ0) is 27.0. The fraction of sp³-hybridized carbons (Fsp3) is 0.241. The Kier molecular flexibility index (Phi) is 8.18. The number of aromatic nitrogens is 3. The Morgan fingerprint density at radius 2 is 1.90 bits per heavy atom. The van der Waals surface area contributed by atoms with Crippen molar-refractivity contribution in [3.8, 4) is 11.3 Å². The average Bonchev–Trinajstić information content (AvgIpc) is 2.99. The fourth-order valence-electron chi connectivity index (χ4n) is 4.38. The molecule has 0 bridgehead atoms. The van der Waals surface area contributed by atoms with Crippen molar-refractivity contribution in [1.29, 1.82) is 0 Å². The van der Waals surface area contributed by atoms with Crippen LogP contribution < -0.4 is 15.5 Å². The molecule has 1 amide bonds. The van der Waals surface area contributed by atoms with Crippen LogP contribution in [0.5, 0.6) is 0 Å². The van der Waals surface area contributed by atoms with E-state index < -0.39 is 5.91 Å². The number of rotatable bonds is 7. The molecule has 10 nitrogen and oxygen atoms in total. The van der Waals surface area contributed by atoms with Crippen LogP contribution in [0.25, 0.3) is 11.3 Å². The minimum absolute atomic E-state index is 0.292. The first kappa shape index (κ1) is 26.0. The fourth-order valence-corrected chi connectivity index (χ4v) is 4.38. The molecule has 0 saturated carbocycles. The van der Waals surface area contributed by atoms with Gasteiger partial charge in [0.1, 0.15) is 0 Å². The molecule has 10 heteroatoms. The molecule has 4 aromatic rings. The summed E-state index contributed by atoms with van der Waals surface area (Å²) in [6.45, 7) is 8.17. The van der Waals surface area contributed by atoms with Crippen LogP contribution in [0.2, 0.25) is 0 Å². The molecule has 1 fully saturated rings. The van der Waals surface area contributed by atoms with E-state index in [0.717, 1.165) is 48.7 Å². The normalized spacial score (nSPS) is 14.2. The van der Waals surface area contributed by atoms with E-state index in [1.807, 2.05) is 55.5 Å². The van der Waals surface area contributed by atoms with Crippen molar-refractivity contribution in [2.24, 2.45) is 10.2 Å². The van der Waals surface area contributed by atoms with Crippen molar-refractivity contribution in [3.05, 3.63) is 95.9 Å². The number of piperazine rings is 1. The van der Waals surface area contributed by atoms with E-state index in [2.05, 4.69) is 52.5 Å². The molecule has 2 aromatic heterocycles. The lowest BCUT2D eigenvalue weighted by Crippen LogP contribution is -2.44. The molecule has 1 unspecified atom stereocenters. The van der Waals surface area contributed by atoms with Gasteiger partial charge in [0.2, 0.25) is 16.0 Å². The van der Waals surface area contributed by atoms with Crippen LogP contribution in [0.3, 0.4) is 0 Å². The zero-order valence-electron chi connectivity index (χ0n) is 22.0. The van der Waals surface area contributed by atoms with Crippen molar-refractivity contribution in [2.45, 2.75) is 19.9 Å². The number of aryl methyl sites for hydroxylation is 1. The standard InChI is InChI=1S/C29H30N9O/c1-20-5-10-25(18-27(20)34-29-32-13-11-26(33-29)24-4-3-12-31-19-24)35-37-36-28(39)23-8-6-22(7-9-23)21(2)38-16-14-30-15-17-38/h3-13,18-19,21,30H,14-17H2,1-2H3,(H,32,33,34)/q+1. The lowest BCUT2D eigenvalue weighted by molar-refractivity contribution is 0.0992. The molecule has 5 rings (SSSR count). The first-order valence-corrected chi connectivity index (χ1v) is 12.9. The topological polar surface area (TPSA) is 122 Å². The quantitative estimate of drug-likeness (QED) is 0.260. The Balaban J connectivity index is 1.25. The molecule has 1 aliphatic rings. The number of amides is 1. The maximum absolute atomic E-state index is 12.6. The number of hydrogen-bond donors (Lipinski definition) is 2. The van der Waals surface area contributed by atoms with Gasteiger partial charge in [0.05, 0.1) is 5.69 Å². The molecule has 1 saturated heterocycles. The molecular formula is C29H30N9O+. The van der Waals surface area contributed by atoms with E-state index in [4.69, 9.17) is 0 Å². The number of nitrogens with zero attached hydrogens (tertiary/aromatic N) is 7. The van der Waals surface area contributed by atoms with Gasteiger partial charge in [-0.2, -0.15) is 0 Å². The maximum atomic E-state index is 12.6. The highest BCUT2D eigenvalue weighted by Gasteiger charge is 2.18. The summed E-state index contributed by atoms with van der Waals surface area (Å²) in [5.41, 5.74) is 5.60. The van der Waals surface area contributed by atoms with Crippen LogP contribution in [-0.2, 0) is 0 Å². The number of carbonyl (C=O) groups is 1. The Hall–Kier alpha value is -4.63. The lowest BCUT2D eigenvalue weighted by atomic mass is 10.0. The van der Waals surface area contributed by atoms with Gasteiger partial charge in [0.25, 0.3) is 0 Å². The largest absolute Gasteiger partial charge is 0.360 e. The molecular weight excluding hydrogens is 490 g/mol. The van der Waals surface area contributed by atoms with Crippen molar-refractivity contribution in [3.63, 3.8) is 0 Å². The Bertz CT molecular complexity index is 1490. The summed E-state index contributed by atoms with van der Waals surface area (Å²) in [5.74, 6) is 0.00864. The molecule has 1 atom stereocenters. The van der Waals surface area contributed by atoms with Crippen molar-refractivity contribution < 1.29 is 4.79 Å². The van der Waals surface area contributed by atoms with Gasteiger partial charge in [-0.3, -0.25) is 14.7 Å². The first-order chi connectivity index (χ1) is 19.1. The maximum Gasteiger partial charge on any atom is 0.360 e. The number of anilines is 2. The second-order valence-electron chi connectivity index (χ2n) is 9.31. The third kappa shape index (κ3) is 6.63. The highest BCUT2D eigenvalue weighted by molar-refractivity contribution is 5.94. The predicted octanol–water partition coefficient (Wildman–Crippen LogP) is 5.00. The van der Waals surface area contributed by atoms with Gasteiger partial charge < -0.3 is 10.6 Å². The van der Waals surface area contributed by atoms with Gasteiger partial charge in [-0.25, -0.2) is 9.97 Å². The monoisotopic (exact) mass is 520 g/mol. The summed E-state index contributed by atoms with van der Waals surface area (Å²) in [7, 11) is 0. The summed E-state index contributed by atoms with van der Waals surface area (Å²) in [5, 5.41) is 14.5. The smallest absolute Gasteiger partial charge is 0.324 e.